The standard InChI is InChI=1S/C10H6O.U/c1-2-8-3-4-9-5-6-11-10(9)7-8;/h1-2,4-7H;/q-2;+2. The molecule has 1 nitrogen and oxygen atoms in total. The first kappa shape index (κ1) is 9.64. The molecule has 0 saturated heterocycles. The number of benzene rings is 1. The first-order chi connectivity index (χ1) is 5.40. The van der Waals surface area contributed by atoms with Gasteiger partial charge in [0, 0.05) is 5.58 Å². The molecule has 1 heterocycles. The monoisotopic (exact) mass is 380 g/mol. The van der Waals surface area contributed by atoms with Crippen molar-refractivity contribution in [3.8, 4) is 0 Å². The van der Waals surface area contributed by atoms with Gasteiger partial charge in [-0.3, -0.25) is 0 Å². The second-order valence-corrected chi connectivity index (χ2v) is 2.30. The Morgan fingerprint density at radius 3 is 3.08 bits per heavy atom. The molecule has 0 fully saturated rings. The van der Waals surface area contributed by atoms with Gasteiger partial charge in [-0.15, -0.1) is 0 Å². The Balaban J connectivity index is 0.000000720. The van der Waals surface area contributed by atoms with Gasteiger partial charge in [-0.05, 0) is 0 Å². The van der Waals surface area contributed by atoms with Crippen LogP contribution in [0.25, 0.3) is 17.0 Å². The quantitative estimate of drug-likeness (QED) is 0.694. The van der Waals surface area contributed by atoms with Gasteiger partial charge in [-0.1, -0.05) is 11.5 Å². The second-order valence-electron chi connectivity index (χ2n) is 2.30. The van der Waals surface area contributed by atoms with E-state index in [0.717, 1.165) is 16.5 Å². The average molecular weight is 380 g/mol. The summed E-state index contributed by atoms with van der Waals surface area (Å²) in [6.45, 7) is 5.31. The van der Waals surface area contributed by atoms with E-state index in [9.17, 15) is 0 Å². The van der Waals surface area contributed by atoms with Crippen LogP contribution in [0.2, 0.25) is 0 Å². The van der Waals surface area contributed by atoms with E-state index in [1.807, 2.05) is 18.2 Å². The van der Waals surface area contributed by atoms with Gasteiger partial charge in [0.1, 0.15) is 0 Å². The normalized spacial score (nSPS) is 9.33. The smallest absolute Gasteiger partial charge is 0.486 e. The molecule has 2 rings (SSSR count). The molecular formula is C10H6OU. The van der Waals surface area contributed by atoms with E-state index in [1.54, 1.807) is 6.26 Å². The SMILES string of the molecule is [CH-]=Cc1[c-]cc2ccoc2c1.[U+2]. The third-order valence-electron chi connectivity index (χ3n) is 1.59. The van der Waals surface area contributed by atoms with E-state index < -0.39 is 0 Å². The Bertz CT molecular complexity index is 389. The average Bonchev–Trinajstić information content (AvgIpc) is 2.50. The molecule has 0 spiro atoms. The summed E-state index contributed by atoms with van der Waals surface area (Å²) in [6, 6.07) is 8.62. The molecule has 56 valence electrons. The van der Waals surface area contributed by atoms with Crippen molar-refractivity contribution in [1.29, 1.82) is 0 Å². The van der Waals surface area contributed by atoms with Gasteiger partial charge in [-0.25, -0.2) is 6.07 Å². The van der Waals surface area contributed by atoms with E-state index in [4.69, 9.17) is 11.0 Å². The molecule has 0 atom stereocenters. The van der Waals surface area contributed by atoms with Crippen molar-refractivity contribution in [3.05, 3.63) is 42.7 Å². The van der Waals surface area contributed by atoms with Crippen LogP contribution in [-0.4, -0.2) is 0 Å². The number of fused-ring (bicyclic) bond motifs is 1. The van der Waals surface area contributed by atoms with Gasteiger partial charge in [0.05, 0.1) is 6.26 Å². The topological polar surface area (TPSA) is 13.1 Å². The second kappa shape index (κ2) is 3.98. The van der Waals surface area contributed by atoms with Crippen LogP contribution >= 0.6 is 0 Å². The molecule has 12 heavy (non-hydrogen) atoms. The van der Waals surface area contributed by atoms with Gasteiger partial charge >= 0.3 is 31.1 Å². The zero-order valence-corrected chi connectivity index (χ0v) is 10.5. The Morgan fingerprint density at radius 1 is 1.50 bits per heavy atom. The van der Waals surface area contributed by atoms with Crippen molar-refractivity contribution in [3.63, 3.8) is 0 Å². The van der Waals surface area contributed by atoms with E-state index >= 15 is 0 Å². The van der Waals surface area contributed by atoms with E-state index in [0.29, 0.717) is 0 Å². The minimum atomic E-state index is 0. The van der Waals surface area contributed by atoms with Crippen LogP contribution in [-0.2, 0) is 0 Å². The molecule has 2 aromatic rings. The maximum atomic E-state index is 5.31. The van der Waals surface area contributed by atoms with E-state index in [2.05, 4.69) is 6.07 Å². The van der Waals surface area contributed by atoms with Gasteiger partial charge in [-0.2, -0.15) is 12.1 Å². The fourth-order valence-corrected chi connectivity index (χ4v) is 1.01. The molecule has 0 unspecified atom stereocenters. The molecule has 0 aliphatic heterocycles. The van der Waals surface area contributed by atoms with Crippen LogP contribution in [0.3, 0.4) is 0 Å². The molecule has 0 aliphatic carbocycles. The zero-order valence-electron chi connectivity index (χ0n) is 6.37. The van der Waals surface area contributed by atoms with Gasteiger partial charge < -0.3 is 22.6 Å². The Morgan fingerprint density at radius 2 is 2.33 bits per heavy atom. The van der Waals surface area contributed by atoms with Crippen LogP contribution in [0.5, 0.6) is 0 Å². The Kier molecular flexibility index (Phi) is 3.20. The van der Waals surface area contributed by atoms with Crippen molar-refractivity contribution in [2.75, 3.05) is 0 Å². The molecular weight excluding hydrogens is 374 g/mol. The maximum Gasteiger partial charge on any atom is 2.00 e. The number of rotatable bonds is 1. The molecule has 0 bridgehead atoms. The number of hydrogen-bond acceptors (Lipinski definition) is 1. The predicted octanol–water partition coefficient (Wildman–Crippen LogP) is 2.68. The van der Waals surface area contributed by atoms with Crippen LogP contribution in [0.1, 0.15) is 5.56 Å². The molecule has 0 saturated carbocycles. The fraction of sp³-hybridized carbons (Fsp3) is 0. The summed E-state index contributed by atoms with van der Waals surface area (Å²) in [5.74, 6) is 0. The van der Waals surface area contributed by atoms with Gasteiger partial charge in [0.25, 0.3) is 0 Å². The van der Waals surface area contributed by atoms with E-state index in [1.165, 1.54) is 6.08 Å². The molecule has 0 N–H and O–H groups in total. The summed E-state index contributed by atoms with van der Waals surface area (Å²) in [5.41, 5.74) is 1.70. The first-order valence-corrected chi connectivity index (χ1v) is 3.34. The van der Waals surface area contributed by atoms with Crippen molar-refractivity contribution in [2.45, 2.75) is 0 Å². The van der Waals surface area contributed by atoms with E-state index in [-0.39, 0.29) is 31.1 Å². The van der Waals surface area contributed by atoms with Crippen molar-refractivity contribution >= 4 is 17.0 Å². The molecule has 0 aliphatic rings. The molecule has 1 aromatic carbocycles. The summed E-state index contributed by atoms with van der Waals surface area (Å²) in [5, 5.41) is 1.05. The first-order valence-electron chi connectivity index (χ1n) is 3.34. The van der Waals surface area contributed by atoms with Crippen molar-refractivity contribution < 1.29 is 35.5 Å². The maximum absolute atomic E-state index is 5.31. The summed E-state index contributed by atoms with van der Waals surface area (Å²) in [6.07, 6.45) is 3.15. The third-order valence-corrected chi connectivity index (χ3v) is 1.59. The van der Waals surface area contributed by atoms with Crippen LogP contribution in [0.4, 0.5) is 0 Å². The molecule has 0 radical (unpaired) electrons. The van der Waals surface area contributed by atoms with Gasteiger partial charge in [0.15, 0.2) is 0 Å². The Labute approximate surface area is 94.8 Å². The summed E-state index contributed by atoms with van der Waals surface area (Å²) < 4.78 is 5.16. The summed E-state index contributed by atoms with van der Waals surface area (Å²) in [4.78, 5) is 0. The molecule has 1 aromatic heterocycles. The zero-order chi connectivity index (χ0) is 7.68. The van der Waals surface area contributed by atoms with Crippen LogP contribution in [0.15, 0.2) is 28.9 Å². The summed E-state index contributed by atoms with van der Waals surface area (Å²) in [7, 11) is 0. The van der Waals surface area contributed by atoms with Gasteiger partial charge in [0.2, 0.25) is 0 Å². The number of furan rings is 1. The third kappa shape index (κ3) is 1.65. The van der Waals surface area contributed by atoms with Crippen LogP contribution in [0, 0.1) is 43.8 Å². The number of hydrogen-bond donors (Lipinski definition) is 0. The predicted molar refractivity (Wildman–Crippen MR) is 43.8 cm³/mol. The minimum Gasteiger partial charge on any atom is -0.486 e. The van der Waals surface area contributed by atoms with Crippen molar-refractivity contribution in [1.82, 2.24) is 0 Å². The van der Waals surface area contributed by atoms with Crippen molar-refractivity contribution in [2.24, 2.45) is 0 Å². The molecule has 0 amide bonds. The molecule has 2 heteroatoms. The summed E-state index contributed by atoms with van der Waals surface area (Å²) >= 11 is 0. The largest absolute Gasteiger partial charge is 2.00 e. The fourth-order valence-electron chi connectivity index (χ4n) is 1.01. The van der Waals surface area contributed by atoms with Crippen LogP contribution < -0.4 is 0 Å². The Hall–Kier alpha value is -0.448. The minimum absolute atomic E-state index is 0.